The van der Waals surface area contributed by atoms with Crippen LogP contribution >= 0.6 is 0 Å². The first-order valence-electron chi connectivity index (χ1n) is 8.48. The maximum absolute atomic E-state index is 12.6. The molecule has 1 atom stereocenters. The lowest BCUT2D eigenvalue weighted by Crippen LogP contribution is -2.43. The summed E-state index contributed by atoms with van der Waals surface area (Å²) in [5, 5.41) is 8.79. The Labute approximate surface area is 164 Å². The first-order valence-corrected chi connectivity index (χ1v) is 10.1. The van der Waals surface area contributed by atoms with E-state index in [0.717, 1.165) is 16.4 Å². The number of nitrogens with zero attached hydrogens (tertiary/aromatic N) is 1. The van der Waals surface area contributed by atoms with Gasteiger partial charge in [0.15, 0.2) is 0 Å². The van der Waals surface area contributed by atoms with Crippen molar-refractivity contribution < 1.29 is 36.3 Å². The van der Waals surface area contributed by atoms with Crippen molar-refractivity contribution >= 4 is 15.9 Å². The molecular weight excluding hydrogens is 413 g/mol. The average molecular weight is 430 g/mol. The van der Waals surface area contributed by atoms with Crippen LogP contribution in [0.1, 0.15) is 17.5 Å². The third kappa shape index (κ3) is 4.86. The zero-order chi connectivity index (χ0) is 21.2. The fraction of sp³-hybridized carbons (Fsp3) is 0.278. The van der Waals surface area contributed by atoms with Gasteiger partial charge in [0.25, 0.3) is 5.91 Å². The first kappa shape index (κ1) is 21.1. The van der Waals surface area contributed by atoms with E-state index in [1.165, 1.54) is 29.7 Å². The maximum atomic E-state index is 12.6. The van der Waals surface area contributed by atoms with Gasteiger partial charge >= 0.3 is 6.18 Å². The van der Waals surface area contributed by atoms with Crippen LogP contribution in [0.4, 0.5) is 13.2 Å². The van der Waals surface area contributed by atoms with Crippen molar-refractivity contribution in [3.63, 3.8) is 0 Å². The predicted octanol–water partition coefficient (Wildman–Crippen LogP) is 2.91. The summed E-state index contributed by atoms with van der Waals surface area (Å²) in [5.74, 6) is -0.427. The van der Waals surface area contributed by atoms with Gasteiger partial charge in [-0.3, -0.25) is 10.0 Å². The SMILES string of the molecule is O=C(NO)C1CCS(=O)(=O)N1Cc1ccc(Oc2ccc(C(F)(F)F)cc2)cc1. The second-order valence-electron chi connectivity index (χ2n) is 6.41. The zero-order valence-corrected chi connectivity index (χ0v) is 15.7. The highest BCUT2D eigenvalue weighted by Crippen LogP contribution is 2.31. The molecule has 3 rings (SSSR count). The standard InChI is InChI=1S/C18H17F3N2O5S/c19-18(20,21)13-3-7-15(8-4-13)28-14-5-1-12(2-6-14)11-23-16(17(24)22-25)9-10-29(23,26)27/h1-8,16,25H,9-11H2,(H,22,24). The Morgan fingerprint density at radius 2 is 1.66 bits per heavy atom. The molecule has 1 aliphatic rings. The monoisotopic (exact) mass is 430 g/mol. The van der Waals surface area contributed by atoms with Crippen LogP contribution in [0.3, 0.4) is 0 Å². The summed E-state index contributed by atoms with van der Waals surface area (Å²) < 4.78 is 68.6. The van der Waals surface area contributed by atoms with Gasteiger partial charge in [0.1, 0.15) is 17.5 Å². The lowest BCUT2D eigenvalue weighted by atomic mass is 10.1. The summed E-state index contributed by atoms with van der Waals surface area (Å²) in [6.07, 6.45) is -4.36. The Bertz CT molecular complexity index is 976. The highest BCUT2D eigenvalue weighted by molar-refractivity contribution is 7.89. The van der Waals surface area contributed by atoms with Crippen molar-refractivity contribution in [2.75, 3.05) is 5.75 Å². The minimum Gasteiger partial charge on any atom is -0.457 e. The van der Waals surface area contributed by atoms with Crippen LogP contribution < -0.4 is 10.2 Å². The Morgan fingerprint density at radius 1 is 1.10 bits per heavy atom. The lowest BCUT2D eigenvalue weighted by Gasteiger charge is -2.21. The van der Waals surface area contributed by atoms with Crippen LogP contribution in [-0.4, -0.2) is 35.6 Å². The van der Waals surface area contributed by atoms with E-state index in [0.29, 0.717) is 11.3 Å². The molecule has 0 bridgehead atoms. The average Bonchev–Trinajstić information content (AvgIpc) is 2.97. The molecule has 2 aromatic rings. The molecule has 0 aromatic heterocycles. The molecule has 2 aromatic carbocycles. The third-order valence-corrected chi connectivity index (χ3v) is 6.30. The number of hydroxylamine groups is 1. The largest absolute Gasteiger partial charge is 0.457 e. The summed E-state index contributed by atoms with van der Waals surface area (Å²) >= 11 is 0. The summed E-state index contributed by atoms with van der Waals surface area (Å²) in [5.41, 5.74) is 1.27. The molecule has 11 heteroatoms. The van der Waals surface area contributed by atoms with Crippen LogP contribution in [0.5, 0.6) is 11.5 Å². The van der Waals surface area contributed by atoms with E-state index in [-0.39, 0.29) is 24.5 Å². The number of alkyl halides is 3. The number of carbonyl (C=O) groups excluding carboxylic acids is 1. The van der Waals surface area contributed by atoms with Gasteiger partial charge in [-0.1, -0.05) is 12.1 Å². The zero-order valence-electron chi connectivity index (χ0n) is 14.9. The number of ether oxygens (including phenoxy) is 1. The van der Waals surface area contributed by atoms with Crippen molar-refractivity contribution in [3.8, 4) is 11.5 Å². The molecule has 2 N–H and O–H groups in total. The van der Waals surface area contributed by atoms with Crippen LogP contribution in [-0.2, 0) is 27.5 Å². The number of hydrogen-bond donors (Lipinski definition) is 2. The number of amides is 1. The maximum Gasteiger partial charge on any atom is 0.416 e. The molecule has 0 aliphatic carbocycles. The summed E-state index contributed by atoms with van der Waals surface area (Å²) in [7, 11) is -3.63. The highest BCUT2D eigenvalue weighted by atomic mass is 32.2. The van der Waals surface area contributed by atoms with Gasteiger partial charge in [0.2, 0.25) is 10.0 Å². The van der Waals surface area contributed by atoms with Gasteiger partial charge in [-0.05, 0) is 48.4 Å². The number of benzene rings is 2. The Balaban J connectivity index is 1.69. The molecule has 0 saturated carbocycles. The van der Waals surface area contributed by atoms with Gasteiger partial charge in [-0.25, -0.2) is 13.9 Å². The molecule has 1 saturated heterocycles. The summed E-state index contributed by atoms with van der Waals surface area (Å²) in [6.45, 7) is -0.0685. The van der Waals surface area contributed by atoms with Crippen LogP contribution in [0.15, 0.2) is 48.5 Å². The fourth-order valence-electron chi connectivity index (χ4n) is 2.95. The number of hydrogen-bond acceptors (Lipinski definition) is 5. The number of sulfonamides is 1. The molecule has 156 valence electrons. The fourth-order valence-corrected chi connectivity index (χ4v) is 4.64. The quantitative estimate of drug-likeness (QED) is 0.562. The van der Waals surface area contributed by atoms with Gasteiger partial charge in [0, 0.05) is 6.54 Å². The van der Waals surface area contributed by atoms with Gasteiger partial charge < -0.3 is 4.74 Å². The smallest absolute Gasteiger partial charge is 0.416 e. The van der Waals surface area contributed by atoms with E-state index in [9.17, 15) is 26.4 Å². The molecule has 1 unspecified atom stereocenters. The van der Waals surface area contributed by atoms with Crippen LogP contribution in [0.2, 0.25) is 0 Å². The summed E-state index contributed by atoms with van der Waals surface area (Å²) in [6, 6.07) is 9.48. The van der Waals surface area contributed by atoms with Gasteiger partial charge in [0.05, 0.1) is 11.3 Å². The Kier molecular flexibility index (Phi) is 5.82. The molecule has 0 spiro atoms. The molecule has 1 heterocycles. The van der Waals surface area contributed by atoms with Crippen molar-refractivity contribution in [1.82, 2.24) is 9.79 Å². The molecule has 1 amide bonds. The van der Waals surface area contributed by atoms with E-state index in [1.807, 2.05) is 0 Å². The summed E-state index contributed by atoms with van der Waals surface area (Å²) in [4.78, 5) is 11.7. The van der Waals surface area contributed by atoms with Gasteiger partial charge in [-0.15, -0.1) is 0 Å². The topological polar surface area (TPSA) is 95.9 Å². The Hall–Kier alpha value is -2.63. The van der Waals surface area contributed by atoms with E-state index in [1.54, 1.807) is 12.1 Å². The molecule has 0 radical (unpaired) electrons. The van der Waals surface area contributed by atoms with E-state index in [2.05, 4.69) is 0 Å². The van der Waals surface area contributed by atoms with Crippen molar-refractivity contribution in [2.24, 2.45) is 0 Å². The second kappa shape index (κ2) is 8.01. The molecule has 7 nitrogen and oxygen atoms in total. The molecule has 1 fully saturated rings. The van der Waals surface area contributed by atoms with Crippen molar-refractivity contribution in [1.29, 1.82) is 0 Å². The number of carbonyl (C=O) groups is 1. The number of rotatable bonds is 5. The van der Waals surface area contributed by atoms with E-state index < -0.39 is 33.7 Å². The first-order chi connectivity index (χ1) is 13.6. The van der Waals surface area contributed by atoms with Crippen molar-refractivity contribution in [3.05, 3.63) is 59.7 Å². The normalized spacial score (nSPS) is 19.1. The van der Waals surface area contributed by atoms with E-state index >= 15 is 0 Å². The van der Waals surface area contributed by atoms with Crippen molar-refractivity contribution in [2.45, 2.75) is 25.2 Å². The molecular formula is C18H17F3N2O5S. The molecule has 1 aliphatic heterocycles. The highest BCUT2D eigenvalue weighted by Gasteiger charge is 2.41. The Morgan fingerprint density at radius 3 is 2.17 bits per heavy atom. The van der Waals surface area contributed by atoms with Crippen LogP contribution in [0.25, 0.3) is 0 Å². The third-order valence-electron chi connectivity index (χ3n) is 4.45. The number of halogens is 3. The molecule has 29 heavy (non-hydrogen) atoms. The number of nitrogens with one attached hydrogen (secondary N) is 1. The lowest BCUT2D eigenvalue weighted by molar-refractivity contribution is -0.137. The van der Waals surface area contributed by atoms with E-state index in [4.69, 9.17) is 9.94 Å². The second-order valence-corrected chi connectivity index (χ2v) is 8.45. The van der Waals surface area contributed by atoms with Crippen LogP contribution in [0, 0.1) is 0 Å². The minimum atomic E-state index is -4.43. The van der Waals surface area contributed by atoms with Gasteiger partial charge in [-0.2, -0.15) is 17.5 Å². The minimum absolute atomic E-state index is 0.0685. The predicted molar refractivity (Wildman–Crippen MR) is 95.6 cm³/mol.